The number of hydrogen-bond donors (Lipinski definition) is 1. The molecule has 0 aromatic heterocycles. The number of rotatable bonds is 6. The molecule has 0 heterocycles. The molecule has 0 aliphatic carbocycles. The molecule has 2 aromatic carbocycles. The lowest BCUT2D eigenvalue weighted by molar-refractivity contribution is 0.0469. The fraction of sp³-hybridized carbons (Fsp3) is 0.353. The zero-order chi connectivity index (χ0) is 15.2. The van der Waals surface area contributed by atoms with Crippen molar-refractivity contribution in [2.75, 3.05) is 32.0 Å². The molecule has 0 bridgehead atoms. The molecule has 2 rings (SSSR count). The number of benzene rings is 2. The molecular formula is C17H22N2O2. The Morgan fingerprint density at radius 3 is 2.67 bits per heavy atom. The minimum absolute atomic E-state index is 0.280. The van der Waals surface area contributed by atoms with Crippen molar-refractivity contribution < 1.29 is 9.53 Å². The highest BCUT2D eigenvalue weighted by atomic mass is 16.5. The second-order valence-electron chi connectivity index (χ2n) is 4.95. The number of anilines is 1. The van der Waals surface area contributed by atoms with Crippen LogP contribution in [-0.2, 0) is 4.74 Å². The molecular weight excluding hydrogens is 264 g/mol. The topological polar surface area (TPSA) is 55.6 Å². The summed E-state index contributed by atoms with van der Waals surface area (Å²) in [6.45, 7) is 7.28. The van der Waals surface area contributed by atoms with Crippen molar-refractivity contribution in [2.24, 2.45) is 0 Å². The van der Waals surface area contributed by atoms with Crippen LogP contribution in [0.4, 0.5) is 5.69 Å². The van der Waals surface area contributed by atoms with Gasteiger partial charge >= 0.3 is 5.97 Å². The number of hydrogen-bond acceptors (Lipinski definition) is 4. The summed E-state index contributed by atoms with van der Waals surface area (Å²) in [7, 11) is 0. The number of carbonyl (C=O) groups is 1. The van der Waals surface area contributed by atoms with Crippen LogP contribution >= 0.6 is 0 Å². The molecule has 0 amide bonds. The van der Waals surface area contributed by atoms with E-state index in [1.54, 1.807) is 12.1 Å². The number of esters is 1. The summed E-state index contributed by atoms with van der Waals surface area (Å²) < 4.78 is 5.39. The van der Waals surface area contributed by atoms with Gasteiger partial charge in [-0.1, -0.05) is 32.0 Å². The van der Waals surface area contributed by atoms with Gasteiger partial charge in [0.2, 0.25) is 0 Å². The third-order valence-corrected chi connectivity index (χ3v) is 3.66. The van der Waals surface area contributed by atoms with Gasteiger partial charge in [-0.3, -0.25) is 0 Å². The van der Waals surface area contributed by atoms with Crippen LogP contribution < -0.4 is 5.73 Å². The number of ether oxygens (including phenoxy) is 1. The van der Waals surface area contributed by atoms with E-state index in [4.69, 9.17) is 10.5 Å². The van der Waals surface area contributed by atoms with Crippen molar-refractivity contribution in [3.05, 3.63) is 42.0 Å². The van der Waals surface area contributed by atoms with E-state index in [1.807, 2.05) is 24.3 Å². The lowest BCUT2D eigenvalue weighted by Crippen LogP contribution is -2.27. The highest BCUT2D eigenvalue weighted by Gasteiger charge is 2.11. The summed E-state index contributed by atoms with van der Waals surface area (Å²) in [6.07, 6.45) is 0. The maximum atomic E-state index is 12.2. The molecule has 112 valence electrons. The Labute approximate surface area is 125 Å². The molecule has 0 radical (unpaired) electrons. The number of carbonyl (C=O) groups excluding carboxylic acids is 1. The first-order valence-corrected chi connectivity index (χ1v) is 7.33. The van der Waals surface area contributed by atoms with Crippen molar-refractivity contribution in [3.8, 4) is 0 Å². The number of nitrogens with zero attached hydrogens (tertiary/aromatic N) is 1. The monoisotopic (exact) mass is 286 g/mol. The number of nitrogens with two attached hydrogens (primary N) is 1. The normalized spacial score (nSPS) is 11.0. The van der Waals surface area contributed by atoms with Crippen molar-refractivity contribution in [3.63, 3.8) is 0 Å². The predicted octanol–water partition coefficient (Wildman–Crippen LogP) is 2.92. The highest BCUT2D eigenvalue weighted by molar-refractivity contribution is 6.05. The molecule has 0 fully saturated rings. The quantitative estimate of drug-likeness (QED) is 0.655. The predicted molar refractivity (Wildman–Crippen MR) is 86.4 cm³/mol. The van der Waals surface area contributed by atoms with Gasteiger partial charge in [-0.05, 0) is 42.1 Å². The average Bonchev–Trinajstić information content (AvgIpc) is 2.50. The fourth-order valence-corrected chi connectivity index (χ4v) is 2.37. The van der Waals surface area contributed by atoms with Gasteiger partial charge in [0.1, 0.15) is 6.61 Å². The van der Waals surface area contributed by atoms with Crippen LogP contribution in [0.5, 0.6) is 0 Å². The van der Waals surface area contributed by atoms with Gasteiger partial charge in [0.25, 0.3) is 0 Å². The molecule has 2 N–H and O–H groups in total. The first kappa shape index (κ1) is 15.3. The Hall–Kier alpha value is -2.07. The van der Waals surface area contributed by atoms with E-state index in [9.17, 15) is 4.79 Å². The Balaban J connectivity index is 2.09. The van der Waals surface area contributed by atoms with Gasteiger partial charge in [0, 0.05) is 12.2 Å². The van der Waals surface area contributed by atoms with Crippen LogP contribution in [0.3, 0.4) is 0 Å². The smallest absolute Gasteiger partial charge is 0.338 e. The summed E-state index contributed by atoms with van der Waals surface area (Å²) in [6, 6.07) is 11.1. The molecule has 0 unspecified atom stereocenters. The van der Waals surface area contributed by atoms with Gasteiger partial charge in [0.15, 0.2) is 0 Å². The van der Waals surface area contributed by atoms with Crippen LogP contribution in [-0.4, -0.2) is 37.1 Å². The molecule has 0 saturated carbocycles. The minimum atomic E-state index is -0.280. The van der Waals surface area contributed by atoms with Gasteiger partial charge in [0.05, 0.1) is 5.56 Å². The minimum Gasteiger partial charge on any atom is -0.461 e. The summed E-state index contributed by atoms with van der Waals surface area (Å²) in [4.78, 5) is 14.4. The van der Waals surface area contributed by atoms with Crippen molar-refractivity contribution in [1.29, 1.82) is 0 Å². The van der Waals surface area contributed by atoms with E-state index >= 15 is 0 Å². The number of fused-ring (bicyclic) bond motifs is 1. The number of likely N-dealkylation sites (N-methyl/N-ethyl adjacent to an activating group) is 1. The second-order valence-corrected chi connectivity index (χ2v) is 4.95. The van der Waals surface area contributed by atoms with E-state index in [-0.39, 0.29) is 5.97 Å². The average molecular weight is 286 g/mol. The van der Waals surface area contributed by atoms with E-state index < -0.39 is 0 Å². The maximum absolute atomic E-state index is 12.2. The highest BCUT2D eigenvalue weighted by Crippen LogP contribution is 2.22. The molecule has 0 aliphatic rings. The van der Waals surface area contributed by atoms with Gasteiger partial charge in [-0.25, -0.2) is 4.79 Å². The van der Waals surface area contributed by atoms with E-state index in [2.05, 4.69) is 18.7 Å². The molecule has 0 spiro atoms. The summed E-state index contributed by atoms with van der Waals surface area (Å²) >= 11 is 0. The third-order valence-electron chi connectivity index (χ3n) is 3.66. The van der Waals surface area contributed by atoms with E-state index in [0.29, 0.717) is 17.9 Å². The Morgan fingerprint density at radius 1 is 1.19 bits per heavy atom. The standard InChI is InChI=1S/C17H22N2O2/c1-3-19(4-2)10-11-21-17(20)16-7-5-6-13-12-14(18)8-9-15(13)16/h5-9,12H,3-4,10-11,18H2,1-2H3. The zero-order valence-electron chi connectivity index (χ0n) is 12.6. The van der Waals surface area contributed by atoms with Crippen molar-refractivity contribution >= 4 is 22.4 Å². The molecule has 2 aromatic rings. The van der Waals surface area contributed by atoms with E-state index in [1.165, 1.54) is 0 Å². The molecule has 21 heavy (non-hydrogen) atoms. The lowest BCUT2D eigenvalue weighted by Gasteiger charge is -2.17. The van der Waals surface area contributed by atoms with Crippen LogP contribution in [0.2, 0.25) is 0 Å². The Kier molecular flexibility index (Phi) is 5.17. The Bertz CT molecular complexity index is 621. The first-order chi connectivity index (χ1) is 10.2. The molecule has 0 atom stereocenters. The van der Waals surface area contributed by atoms with Crippen molar-refractivity contribution in [1.82, 2.24) is 4.90 Å². The van der Waals surface area contributed by atoms with Crippen LogP contribution in [0.15, 0.2) is 36.4 Å². The largest absolute Gasteiger partial charge is 0.461 e. The van der Waals surface area contributed by atoms with Crippen LogP contribution in [0.1, 0.15) is 24.2 Å². The van der Waals surface area contributed by atoms with Gasteiger partial charge in [-0.2, -0.15) is 0 Å². The second kappa shape index (κ2) is 7.09. The molecule has 0 aliphatic heterocycles. The molecule has 4 heteroatoms. The van der Waals surface area contributed by atoms with Crippen molar-refractivity contribution in [2.45, 2.75) is 13.8 Å². The van der Waals surface area contributed by atoms with Gasteiger partial charge < -0.3 is 15.4 Å². The van der Waals surface area contributed by atoms with Gasteiger partial charge in [-0.15, -0.1) is 0 Å². The maximum Gasteiger partial charge on any atom is 0.338 e. The first-order valence-electron chi connectivity index (χ1n) is 7.33. The zero-order valence-corrected chi connectivity index (χ0v) is 12.6. The van der Waals surface area contributed by atoms with E-state index in [0.717, 1.165) is 30.4 Å². The van der Waals surface area contributed by atoms with Crippen LogP contribution in [0, 0.1) is 0 Å². The lowest BCUT2D eigenvalue weighted by atomic mass is 10.0. The number of nitrogen functional groups attached to an aromatic ring is 1. The summed E-state index contributed by atoms with van der Waals surface area (Å²) in [5.41, 5.74) is 7.05. The SMILES string of the molecule is CCN(CC)CCOC(=O)c1cccc2cc(N)ccc12. The third kappa shape index (κ3) is 3.73. The summed E-state index contributed by atoms with van der Waals surface area (Å²) in [5, 5.41) is 1.83. The molecule has 4 nitrogen and oxygen atoms in total. The van der Waals surface area contributed by atoms with Crippen LogP contribution in [0.25, 0.3) is 10.8 Å². The Morgan fingerprint density at radius 2 is 1.95 bits per heavy atom. The molecule has 0 saturated heterocycles. The summed E-state index contributed by atoms with van der Waals surface area (Å²) in [5.74, 6) is -0.280. The fourth-order valence-electron chi connectivity index (χ4n) is 2.37.